The van der Waals surface area contributed by atoms with Crippen molar-refractivity contribution in [1.29, 1.82) is 0 Å². The molecule has 1 atom stereocenters. The summed E-state index contributed by atoms with van der Waals surface area (Å²) in [5.74, 6) is 0.201. The molecule has 0 spiro atoms. The number of hydrogen-bond acceptors (Lipinski definition) is 6. The maximum Gasteiger partial charge on any atom is 0.267 e. The summed E-state index contributed by atoms with van der Waals surface area (Å²) in [6.07, 6.45) is 1.52. The summed E-state index contributed by atoms with van der Waals surface area (Å²) in [6.45, 7) is 3.81. The smallest absolute Gasteiger partial charge is 0.267 e. The van der Waals surface area contributed by atoms with E-state index in [9.17, 15) is 9.59 Å². The van der Waals surface area contributed by atoms with E-state index in [4.69, 9.17) is 16.0 Å². The second-order valence-electron chi connectivity index (χ2n) is 6.88. The highest BCUT2D eigenvalue weighted by molar-refractivity contribution is 7.15. The number of amides is 1. The lowest BCUT2D eigenvalue weighted by Crippen LogP contribution is -2.36. The van der Waals surface area contributed by atoms with Crippen molar-refractivity contribution in [2.45, 2.75) is 26.4 Å². The second kappa shape index (κ2) is 8.87. The van der Waals surface area contributed by atoms with E-state index in [1.165, 1.54) is 23.7 Å². The zero-order chi connectivity index (χ0) is 22.0. The standard InChI is InChI=1S/C22H19ClN4O3S/c1-13-19(31-22(25-13)15-6-3-4-7-16(15)23)12-24-21(29)14(2)27-20(28)10-9-17(26-27)18-8-5-11-30-18/h3-11,14H,12H2,1-2H3,(H,24,29). The molecule has 3 aromatic heterocycles. The molecule has 0 saturated carbocycles. The molecule has 1 aromatic carbocycles. The molecule has 0 aliphatic carbocycles. The summed E-state index contributed by atoms with van der Waals surface area (Å²) >= 11 is 7.75. The van der Waals surface area contributed by atoms with Crippen molar-refractivity contribution in [3.05, 3.63) is 80.7 Å². The Morgan fingerprint density at radius 2 is 2.03 bits per heavy atom. The Labute approximate surface area is 187 Å². The van der Waals surface area contributed by atoms with Crippen LogP contribution in [0.25, 0.3) is 22.0 Å². The van der Waals surface area contributed by atoms with E-state index < -0.39 is 6.04 Å². The average Bonchev–Trinajstić information content (AvgIpc) is 3.42. The van der Waals surface area contributed by atoms with Crippen LogP contribution >= 0.6 is 22.9 Å². The number of aromatic nitrogens is 3. The van der Waals surface area contributed by atoms with Crippen LogP contribution < -0.4 is 10.9 Å². The molecule has 1 unspecified atom stereocenters. The van der Waals surface area contributed by atoms with Crippen molar-refractivity contribution >= 4 is 28.8 Å². The lowest BCUT2D eigenvalue weighted by atomic mass is 10.2. The van der Waals surface area contributed by atoms with Crippen LogP contribution in [-0.4, -0.2) is 20.7 Å². The first-order valence-corrected chi connectivity index (χ1v) is 10.8. The molecule has 0 fully saturated rings. The molecule has 0 saturated heterocycles. The van der Waals surface area contributed by atoms with Crippen molar-refractivity contribution in [3.8, 4) is 22.0 Å². The maximum absolute atomic E-state index is 12.7. The van der Waals surface area contributed by atoms with Crippen LogP contribution in [0.4, 0.5) is 0 Å². The predicted octanol–water partition coefficient (Wildman–Crippen LogP) is 4.47. The van der Waals surface area contributed by atoms with Gasteiger partial charge in [0.05, 0.1) is 23.5 Å². The fourth-order valence-corrected chi connectivity index (χ4v) is 4.35. The monoisotopic (exact) mass is 454 g/mol. The lowest BCUT2D eigenvalue weighted by Gasteiger charge is -2.14. The number of carbonyl (C=O) groups excluding carboxylic acids is 1. The topological polar surface area (TPSA) is 90.0 Å². The first-order chi connectivity index (χ1) is 14.9. The fourth-order valence-electron chi connectivity index (χ4n) is 3.03. The van der Waals surface area contributed by atoms with Gasteiger partial charge in [0.1, 0.15) is 16.7 Å². The summed E-state index contributed by atoms with van der Waals surface area (Å²) < 4.78 is 6.48. The molecule has 7 nitrogen and oxygen atoms in total. The first kappa shape index (κ1) is 21.0. The highest BCUT2D eigenvalue weighted by atomic mass is 35.5. The molecule has 1 amide bonds. The van der Waals surface area contributed by atoms with Gasteiger partial charge in [-0.2, -0.15) is 5.10 Å². The second-order valence-corrected chi connectivity index (χ2v) is 8.37. The Morgan fingerprint density at radius 1 is 1.23 bits per heavy atom. The number of carbonyl (C=O) groups is 1. The number of furan rings is 1. The maximum atomic E-state index is 12.7. The Hall–Kier alpha value is -3.23. The van der Waals surface area contributed by atoms with Crippen LogP contribution in [0.15, 0.2) is 64.0 Å². The highest BCUT2D eigenvalue weighted by Gasteiger charge is 2.19. The first-order valence-electron chi connectivity index (χ1n) is 9.56. The number of nitrogens with zero attached hydrogens (tertiary/aromatic N) is 3. The van der Waals surface area contributed by atoms with Crippen LogP contribution in [-0.2, 0) is 11.3 Å². The molecule has 1 N–H and O–H groups in total. The molecule has 3 heterocycles. The summed E-state index contributed by atoms with van der Waals surface area (Å²) in [7, 11) is 0. The van der Waals surface area contributed by atoms with E-state index in [0.29, 0.717) is 23.0 Å². The number of halogens is 1. The summed E-state index contributed by atoms with van der Waals surface area (Å²) in [5.41, 5.74) is 1.79. The highest BCUT2D eigenvalue weighted by Crippen LogP contribution is 2.32. The molecule has 158 valence electrons. The molecule has 9 heteroatoms. The number of thiazole rings is 1. The van der Waals surface area contributed by atoms with Crippen LogP contribution in [0.2, 0.25) is 5.02 Å². The van der Waals surface area contributed by atoms with E-state index in [0.717, 1.165) is 25.8 Å². The quantitative estimate of drug-likeness (QED) is 0.464. The van der Waals surface area contributed by atoms with Gasteiger partial charge in [0.15, 0.2) is 5.76 Å². The number of aryl methyl sites for hydroxylation is 1. The van der Waals surface area contributed by atoms with Crippen molar-refractivity contribution in [1.82, 2.24) is 20.1 Å². The minimum Gasteiger partial charge on any atom is -0.463 e. The molecule has 0 aliphatic rings. The lowest BCUT2D eigenvalue weighted by molar-refractivity contribution is -0.124. The van der Waals surface area contributed by atoms with Crippen LogP contribution in [0.5, 0.6) is 0 Å². The molecule has 0 aliphatic heterocycles. The van der Waals surface area contributed by atoms with Gasteiger partial charge >= 0.3 is 0 Å². The van der Waals surface area contributed by atoms with Crippen molar-refractivity contribution < 1.29 is 9.21 Å². The molecular formula is C22H19ClN4O3S. The number of rotatable bonds is 6. The summed E-state index contributed by atoms with van der Waals surface area (Å²) in [5, 5.41) is 8.58. The van der Waals surface area contributed by atoms with Gasteiger partial charge in [-0.25, -0.2) is 9.67 Å². The summed E-state index contributed by atoms with van der Waals surface area (Å²) in [6, 6.07) is 13.1. The Balaban J connectivity index is 1.49. The van der Waals surface area contributed by atoms with Gasteiger partial charge in [0.2, 0.25) is 5.91 Å². The van der Waals surface area contributed by atoms with Gasteiger partial charge in [-0.3, -0.25) is 9.59 Å². The molecule has 31 heavy (non-hydrogen) atoms. The zero-order valence-electron chi connectivity index (χ0n) is 16.8. The molecule has 4 rings (SSSR count). The molecule has 4 aromatic rings. The predicted molar refractivity (Wildman–Crippen MR) is 120 cm³/mol. The van der Waals surface area contributed by atoms with Crippen LogP contribution in [0.3, 0.4) is 0 Å². The van der Waals surface area contributed by atoms with Crippen LogP contribution in [0.1, 0.15) is 23.5 Å². The van der Waals surface area contributed by atoms with Crippen molar-refractivity contribution in [3.63, 3.8) is 0 Å². The molecular weight excluding hydrogens is 436 g/mol. The largest absolute Gasteiger partial charge is 0.463 e. The minimum absolute atomic E-state index is 0.295. The van der Waals surface area contributed by atoms with E-state index >= 15 is 0 Å². The zero-order valence-corrected chi connectivity index (χ0v) is 18.4. The third-order valence-corrected chi connectivity index (χ3v) is 6.29. The van der Waals surface area contributed by atoms with E-state index in [1.807, 2.05) is 31.2 Å². The minimum atomic E-state index is -0.793. The van der Waals surface area contributed by atoms with E-state index in [-0.39, 0.29) is 11.5 Å². The Morgan fingerprint density at radius 3 is 2.77 bits per heavy atom. The number of hydrogen-bond donors (Lipinski definition) is 1. The Kier molecular flexibility index (Phi) is 6.01. The van der Waals surface area contributed by atoms with Gasteiger partial charge in [-0.1, -0.05) is 29.8 Å². The number of benzene rings is 1. The van der Waals surface area contributed by atoms with E-state index in [1.54, 1.807) is 25.1 Å². The van der Waals surface area contributed by atoms with Crippen molar-refractivity contribution in [2.24, 2.45) is 0 Å². The SMILES string of the molecule is Cc1nc(-c2ccccc2Cl)sc1CNC(=O)C(C)n1nc(-c2ccco2)ccc1=O. The van der Waals surface area contributed by atoms with Crippen LogP contribution in [0, 0.1) is 6.92 Å². The molecule has 0 radical (unpaired) electrons. The molecule has 0 bridgehead atoms. The van der Waals surface area contributed by atoms with Gasteiger partial charge in [-0.05, 0) is 38.1 Å². The summed E-state index contributed by atoms with van der Waals surface area (Å²) in [4.78, 5) is 30.5. The third-order valence-electron chi connectivity index (χ3n) is 4.77. The van der Waals surface area contributed by atoms with Gasteiger partial charge in [0, 0.05) is 16.5 Å². The third kappa shape index (κ3) is 4.45. The number of nitrogens with one attached hydrogen (secondary N) is 1. The van der Waals surface area contributed by atoms with Gasteiger partial charge < -0.3 is 9.73 Å². The normalized spacial score (nSPS) is 12.0. The van der Waals surface area contributed by atoms with Crippen molar-refractivity contribution in [2.75, 3.05) is 0 Å². The fraction of sp³-hybridized carbons (Fsp3) is 0.182. The van der Waals surface area contributed by atoms with Gasteiger partial charge in [0.25, 0.3) is 5.56 Å². The van der Waals surface area contributed by atoms with Gasteiger partial charge in [-0.15, -0.1) is 11.3 Å². The Bertz CT molecular complexity index is 1280. The average molecular weight is 455 g/mol. The van der Waals surface area contributed by atoms with E-state index in [2.05, 4.69) is 15.4 Å².